The number of imide groups is 1. The number of rotatable bonds is 4. The first-order valence-electron chi connectivity index (χ1n) is 10.0. The Balaban J connectivity index is 1.35. The highest BCUT2D eigenvalue weighted by molar-refractivity contribution is 7.98. The number of amides is 4. The van der Waals surface area contributed by atoms with Crippen molar-refractivity contribution < 1.29 is 23.9 Å². The van der Waals surface area contributed by atoms with Gasteiger partial charge in [-0.05, 0) is 36.3 Å². The van der Waals surface area contributed by atoms with Gasteiger partial charge in [0.2, 0.25) is 5.91 Å². The molecule has 2 heterocycles. The third-order valence-electron chi connectivity index (χ3n) is 5.86. The number of fused-ring (bicyclic) bond motifs is 3. The van der Waals surface area contributed by atoms with Crippen LogP contribution in [0.25, 0.3) is 0 Å². The average molecular weight is 439 g/mol. The molecule has 4 amide bonds. The van der Waals surface area contributed by atoms with Gasteiger partial charge in [0.15, 0.2) is 11.5 Å². The van der Waals surface area contributed by atoms with Gasteiger partial charge in [-0.25, -0.2) is 4.79 Å². The lowest BCUT2D eigenvalue weighted by Crippen LogP contribution is -2.43. The van der Waals surface area contributed by atoms with E-state index < -0.39 is 17.5 Å². The molecule has 160 valence electrons. The molecule has 1 saturated heterocycles. The molecule has 2 aliphatic heterocycles. The van der Waals surface area contributed by atoms with E-state index in [1.807, 2.05) is 36.6 Å². The summed E-state index contributed by atoms with van der Waals surface area (Å²) in [6.07, 6.45) is 3.09. The van der Waals surface area contributed by atoms with Gasteiger partial charge in [-0.2, -0.15) is 0 Å². The van der Waals surface area contributed by atoms with Crippen molar-refractivity contribution in [2.24, 2.45) is 0 Å². The molecule has 5 rings (SSSR count). The first kappa shape index (κ1) is 19.7. The standard InChI is InChI=1S/C22H21N3O5S/c1-31-18-11-17-16(29-8-9-30-17)10-15(18)23-19(26)12-25-20(27)22(24-21(25)28)7-6-13-4-2-3-5-14(13)22/h2-5,10-11H,6-9,12H2,1H3,(H,23,26)(H,24,28). The number of anilines is 1. The molecule has 0 bridgehead atoms. The summed E-state index contributed by atoms with van der Waals surface area (Å²) in [6.45, 7) is 0.547. The summed E-state index contributed by atoms with van der Waals surface area (Å²) in [6, 6.07) is 10.6. The highest BCUT2D eigenvalue weighted by atomic mass is 32.2. The van der Waals surface area contributed by atoms with E-state index in [0.29, 0.717) is 43.2 Å². The smallest absolute Gasteiger partial charge is 0.325 e. The van der Waals surface area contributed by atoms with Crippen LogP contribution in [0.1, 0.15) is 17.5 Å². The van der Waals surface area contributed by atoms with Gasteiger partial charge >= 0.3 is 6.03 Å². The summed E-state index contributed by atoms with van der Waals surface area (Å²) >= 11 is 1.45. The van der Waals surface area contributed by atoms with Gasteiger partial charge in [0.05, 0.1) is 5.69 Å². The summed E-state index contributed by atoms with van der Waals surface area (Å²) in [5, 5.41) is 5.64. The predicted molar refractivity (Wildman–Crippen MR) is 115 cm³/mol. The van der Waals surface area contributed by atoms with Gasteiger partial charge in [-0.1, -0.05) is 24.3 Å². The first-order valence-corrected chi connectivity index (χ1v) is 11.2. The highest BCUT2D eigenvalue weighted by Gasteiger charge is 2.55. The molecule has 2 N–H and O–H groups in total. The Morgan fingerprint density at radius 3 is 2.71 bits per heavy atom. The van der Waals surface area contributed by atoms with Gasteiger partial charge in [-0.3, -0.25) is 14.5 Å². The molecule has 0 radical (unpaired) electrons. The average Bonchev–Trinajstić information content (AvgIpc) is 3.26. The molecule has 31 heavy (non-hydrogen) atoms. The number of ether oxygens (including phenoxy) is 2. The van der Waals surface area contributed by atoms with Gasteiger partial charge < -0.3 is 20.1 Å². The number of nitrogens with one attached hydrogen (secondary N) is 2. The van der Waals surface area contributed by atoms with E-state index in [2.05, 4.69) is 10.6 Å². The van der Waals surface area contributed by atoms with Gasteiger partial charge in [0.1, 0.15) is 25.3 Å². The highest BCUT2D eigenvalue weighted by Crippen LogP contribution is 2.42. The number of hydrogen-bond donors (Lipinski definition) is 2. The maximum Gasteiger partial charge on any atom is 0.325 e. The zero-order chi connectivity index (χ0) is 21.6. The van der Waals surface area contributed by atoms with Crippen molar-refractivity contribution in [2.75, 3.05) is 31.3 Å². The molecular weight excluding hydrogens is 418 g/mol. The van der Waals surface area contributed by atoms with Crippen LogP contribution in [0.5, 0.6) is 11.5 Å². The van der Waals surface area contributed by atoms with E-state index in [4.69, 9.17) is 9.47 Å². The number of benzene rings is 2. The SMILES string of the molecule is CSc1cc2c(cc1NC(=O)CN1C(=O)NC3(CCc4ccccc43)C1=O)OCCO2. The third-order valence-corrected chi connectivity index (χ3v) is 6.64. The van der Waals surface area contributed by atoms with E-state index in [-0.39, 0.29) is 12.5 Å². The second-order valence-electron chi connectivity index (χ2n) is 7.63. The van der Waals surface area contributed by atoms with Crippen LogP contribution in [-0.2, 0) is 21.5 Å². The molecule has 0 saturated carbocycles. The van der Waals surface area contributed by atoms with Gasteiger partial charge in [0.25, 0.3) is 5.91 Å². The monoisotopic (exact) mass is 439 g/mol. The maximum atomic E-state index is 13.2. The topological polar surface area (TPSA) is 97.0 Å². The minimum Gasteiger partial charge on any atom is -0.486 e. The second kappa shape index (κ2) is 7.49. The summed E-state index contributed by atoms with van der Waals surface area (Å²) in [5.74, 6) is 0.337. The molecule has 2 aromatic carbocycles. The molecule has 8 nitrogen and oxygen atoms in total. The van der Waals surface area contributed by atoms with Crippen molar-refractivity contribution in [1.82, 2.24) is 10.2 Å². The van der Waals surface area contributed by atoms with Crippen molar-refractivity contribution >= 4 is 35.3 Å². The van der Waals surface area contributed by atoms with Crippen molar-refractivity contribution in [3.8, 4) is 11.5 Å². The van der Waals surface area contributed by atoms with Crippen LogP contribution in [0.2, 0.25) is 0 Å². The number of aryl methyl sites for hydroxylation is 1. The molecule has 9 heteroatoms. The Labute approximate surface area is 183 Å². The normalized spacial score (nSPS) is 21.3. The number of hydrogen-bond acceptors (Lipinski definition) is 6. The molecular formula is C22H21N3O5S. The fraction of sp³-hybridized carbons (Fsp3) is 0.318. The number of carbonyl (C=O) groups excluding carboxylic acids is 3. The third kappa shape index (κ3) is 3.20. The Morgan fingerprint density at radius 1 is 1.19 bits per heavy atom. The first-order chi connectivity index (χ1) is 15.0. The van der Waals surface area contributed by atoms with Crippen LogP contribution < -0.4 is 20.1 Å². The number of carbonyl (C=O) groups is 3. The van der Waals surface area contributed by atoms with Crippen LogP contribution >= 0.6 is 11.8 Å². The minimum atomic E-state index is -1.07. The number of thioether (sulfide) groups is 1. The lowest BCUT2D eigenvalue weighted by atomic mass is 9.92. The molecule has 1 fully saturated rings. The van der Waals surface area contributed by atoms with E-state index in [9.17, 15) is 14.4 Å². The van der Waals surface area contributed by atoms with Crippen molar-refractivity contribution in [1.29, 1.82) is 0 Å². The zero-order valence-corrected chi connectivity index (χ0v) is 17.7. The molecule has 1 unspecified atom stereocenters. The molecule has 2 aromatic rings. The molecule has 1 spiro atoms. The van der Waals surface area contributed by atoms with Gasteiger partial charge in [0, 0.05) is 11.0 Å². The van der Waals surface area contributed by atoms with Crippen molar-refractivity contribution in [3.63, 3.8) is 0 Å². The van der Waals surface area contributed by atoms with Crippen LogP contribution in [0.4, 0.5) is 10.5 Å². The largest absolute Gasteiger partial charge is 0.486 e. The quantitative estimate of drug-likeness (QED) is 0.561. The molecule has 3 aliphatic rings. The number of urea groups is 1. The van der Waals surface area contributed by atoms with E-state index in [0.717, 1.165) is 20.9 Å². The van der Waals surface area contributed by atoms with Crippen LogP contribution in [0.15, 0.2) is 41.3 Å². The van der Waals surface area contributed by atoms with Crippen LogP contribution in [0, 0.1) is 0 Å². The van der Waals surface area contributed by atoms with Gasteiger partial charge in [-0.15, -0.1) is 11.8 Å². The predicted octanol–water partition coefficient (Wildman–Crippen LogP) is 2.51. The fourth-order valence-corrected chi connectivity index (χ4v) is 4.96. The van der Waals surface area contributed by atoms with E-state index in [1.165, 1.54) is 11.8 Å². The van der Waals surface area contributed by atoms with Crippen LogP contribution in [-0.4, -0.2) is 48.8 Å². The maximum absolute atomic E-state index is 13.2. The molecule has 1 aliphatic carbocycles. The molecule has 0 aromatic heterocycles. The Kier molecular flexibility index (Phi) is 4.77. The van der Waals surface area contributed by atoms with Crippen molar-refractivity contribution in [2.45, 2.75) is 23.3 Å². The lowest BCUT2D eigenvalue weighted by molar-refractivity contribution is -0.134. The Morgan fingerprint density at radius 2 is 1.94 bits per heavy atom. The lowest BCUT2D eigenvalue weighted by Gasteiger charge is -2.22. The van der Waals surface area contributed by atoms with Crippen molar-refractivity contribution in [3.05, 3.63) is 47.5 Å². The Hall–Kier alpha value is -3.20. The summed E-state index contributed by atoms with van der Waals surface area (Å²) in [7, 11) is 0. The fourth-order valence-electron chi connectivity index (χ4n) is 4.40. The second-order valence-corrected chi connectivity index (χ2v) is 8.48. The molecule has 1 atom stereocenters. The van der Waals surface area contributed by atoms with E-state index in [1.54, 1.807) is 6.07 Å². The Bertz CT molecular complexity index is 1100. The number of nitrogens with zero attached hydrogens (tertiary/aromatic N) is 1. The summed E-state index contributed by atoms with van der Waals surface area (Å²) < 4.78 is 11.2. The van der Waals surface area contributed by atoms with Crippen LogP contribution in [0.3, 0.4) is 0 Å². The zero-order valence-electron chi connectivity index (χ0n) is 16.9. The summed E-state index contributed by atoms with van der Waals surface area (Å²) in [4.78, 5) is 40.4. The summed E-state index contributed by atoms with van der Waals surface area (Å²) in [5.41, 5.74) is 1.33. The minimum absolute atomic E-state index is 0.364. The van der Waals surface area contributed by atoms with E-state index >= 15 is 0 Å².